The van der Waals surface area contributed by atoms with Gasteiger partial charge in [0, 0.05) is 22.1 Å². The van der Waals surface area contributed by atoms with Crippen molar-refractivity contribution in [3.05, 3.63) is 52.0 Å². The normalized spacial score (nSPS) is 23.2. The zero-order valence-electron chi connectivity index (χ0n) is 14.6. The van der Waals surface area contributed by atoms with Crippen LogP contribution in [0.4, 0.5) is 0 Å². The summed E-state index contributed by atoms with van der Waals surface area (Å²) >= 11 is 13.2. The first-order valence-electron chi connectivity index (χ1n) is 8.39. The number of nitrogens with zero attached hydrogens (tertiary/aromatic N) is 1. The maximum absolute atomic E-state index is 12.1. The number of hydrogen-bond donors (Lipinski definition) is 1. The predicted octanol–water partition coefficient (Wildman–Crippen LogP) is 5.22. The molecule has 1 amide bonds. The number of amides is 1. The van der Waals surface area contributed by atoms with Gasteiger partial charge < -0.3 is 5.32 Å². The molecule has 2 unspecified atom stereocenters. The molecule has 0 aromatic heterocycles. The van der Waals surface area contributed by atoms with E-state index < -0.39 is 11.5 Å². The fourth-order valence-corrected chi connectivity index (χ4v) is 4.19. The molecule has 1 N–H and O–H groups in total. The minimum absolute atomic E-state index is 0.130. The van der Waals surface area contributed by atoms with Crippen molar-refractivity contribution in [3.8, 4) is 6.07 Å². The van der Waals surface area contributed by atoms with Gasteiger partial charge in [0.15, 0.2) is 0 Å². The Balaban J connectivity index is 2.60. The lowest BCUT2D eigenvalue weighted by atomic mass is 9.73. The van der Waals surface area contributed by atoms with Crippen LogP contribution >= 0.6 is 23.2 Å². The molecule has 0 saturated carbocycles. The van der Waals surface area contributed by atoms with Crippen LogP contribution in [0.3, 0.4) is 0 Å². The lowest BCUT2D eigenvalue weighted by molar-refractivity contribution is -0.122. The molecule has 0 saturated heterocycles. The molecule has 25 heavy (non-hydrogen) atoms. The first kappa shape index (κ1) is 19.6. The Morgan fingerprint density at radius 2 is 1.96 bits per heavy atom. The van der Waals surface area contributed by atoms with Crippen molar-refractivity contribution in [3.63, 3.8) is 0 Å². The van der Waals surface area contributed by atoms with E-state index >= 15 is 0 Å². The smallest absolute Gasteiger partial charge is 0.220 e. The second kappa shape index (κ2) is 8.08. The van der Waals surface area contributed by atoms with E-state index in [4.69, 9.17) is 23.2 Å². The summed E-state index contributed by atoms with van der Waals surface area (Å²) in [7, 11) is 0. The van der Waals surface area contributed by atoms with Crippen LogP contribution in [0.1, 0.15) is 39.2 Å². The molecule has 2 rings (SSSR count). The van der Waals surface area contributed by atoms with Gasteiger partial charge >= 0.3 is 0 Å². The fraction of sp³-hybridized carbons (Fsp3) is 0.400. The molecule has 0 spiro atoms. The van der Waals surface area contributed by atoms with Gasteiger partial charge in [0.2, 0.25) is 5.91 Å². The lowest BCUT2D eigenvalue weighted by Crippen LogP contribution is -2.54. The minimum atomic E-state index is -0.900. The molecule has 0 radical (unpaired) electrons. The third-order valence-corrected chi connectivity index (χ3v) is 4.97. The van der Waals surface area contributed by atoms with E-state index in [9.17, 15) is 10.1 Å². The van der Waals surface area contributed by atoms with Gasteiger partial charge in [-0.05, 0) is 24.0 Å². The van der Waals surface area contributed by atoms with Crippen LogP contribution in [-0.2, 0) is 4.79 Å². The molecule has 1 aromatic rings. The number of nitriles is 1. The van der Waals surface area contributed by atoms with Crippen LogP contribution in [0, 0.1) is 23.2 Å². The van der Waals surface area contributed by atoms with E-state index in [1.807, 2.05) is 44.2 Å². The molecule has 2 atom stereocenters. The van der Waals surface area contributed by atoms with E-state index in [-0.39, 0.29) is 11.8 Å². The van der Waals surface area contributed by atoms with E-state index in [1.54, 1.807) is 13.0 Å². The Morgan fingerprint density at radius 1 is 1.32 bits per heavy atom. The molecule has 132 valence electrons. The van der Waals surface area contributed by atoms with Gasteiger partial charge in [-0.2, -0.15) is 5.26 Å². The summed E-state index contributed by atoms with van der Waals surface area (Å²) < 4.78 is 0. The fourth-order valence-electron chi connectivity index (χ4n) is 3.28. The van der Waals surface area contributed by atoms with Crippen LogP contribution in [0.2, 0.25) is 0 Å². The molecular formula is C20H22Cl2N2O. The summed E-state index contributed by atoms with van der Waals surface area (Å²) in [5.74, 6) is -0.574. The van der Waals surface area contributed by atoms with Gasteiger partial charge in [0.05, 0.1) is 11.6 Å². The monoisotopic (exact) mass is 376 g/mol. The quantitative estimate of drug-likeness (QED) is 0.765. The number of allylic oxidation sites excluding steroid dienone is 2. The SMILES string of the molecule is CCC(=O)NC1(CC(C)C)C=C(Cl)C(c2ccccc2)=C(Cl)C1C#N. The average molecular weight is 377 g/mol. The molecule has 5 heteroatoms. The molecule has 0 bridgehead atoms. The van der Waals surface area contributed by atoms with Crippen molar-refractivity contribution in [2.75, 3.05) is 0 Å². The Hall–Kier alpha value is -1.76. The van der Waals surface area contributed by atoms with Gasteiger partial charge in [-0.15, -0.1) is 0 Å². The zero-order chi connectivity index (χ0) is 18.6. The van der Waals surface area contributed by atoms with Crippen LogP contribution < -0.4 is 5.32 Å². The summed E-state index contributed by atoms with van der Waals surface area (Å²) in [6, 6.07) is 11.8. The van der Waals surface area contributed by atoms with E-state index in [0.29, 0.717) is 28.5 Å². The van der Waals surface area contributed by atoms with Crippen molar-refractivity contribution in [2.24, 2.45) is 11.8 Å². The topological polar surface area (TPSA) is 52.9 Å². The number of halogens is 2. The van der Waals surface area contributed by atoms with Gasteiger partial charge in [0.25, 0.3) is 0 Å². The third-order valence-electron chi connectivity index (χ3n) is 4.26. The Labute approximate surface area is 159 Å². The minimum Gasteiger partial charge on any atom is -0.345 e. The Bertz CT molecular complexity index is 747. The van der Waals surface area contributed by atoms with E-state index in [1.165, 1.54) is 0 Å². The van der Waals surface area contributed by atoms with E-state index in [0.717, 1.165) is 5.56 Å². The highest BCUT2D eigenvalue weighted by Gasteiger charge is 2.45. The van der Waals surface area contributed by atoms with Gasteiger partial charge in [-0.1, -0.05) is 74.3 Å². The highest BCUT2D eigenvalue weighted by atomic mass is 35.5. The zero-order valence-corrected chi connectivity index (χ0v) is 16.2. The maximum atomic E-state index is 12.1. The molecule has 1 aromatic carbocycles. The number of nitrogens with one attached hydrogen (secondary N) is 1. The van der Waals surface area contributed by atoms with Crippen molar-refractivity contribution >= 4 is 34.7 Å². The van der Waals surface area contributed by atoms with E-state index in [2.05, 4.69) is 11.4 Å². The van der Waals surface area contributed by atoms with Crippen LogP contribution in [0.5, 0.6) is 0 Å². The highest BCUT2D eigenvalue weighted by Crippen LogP contribution is 2.46. The molecule has 0 heterocycles. The highest BCUT2D eigenvalue weighted by molar-refractivity contribution is 6.43. The van der Waals surface area contributed by atoms with Crippen molar-refractivity contribution in [2.45, 2.75) is 39.2 Å². The third kappa shape index (κ3) is 4.08. The number of hydrogen-bond acceptors (Lipinski definition) is 2. The Morgan fingerprint density at radius 3 is 2.48 bits per heavy atom. The van der Waals surface area contributed by atoms with Gasteiger partial charge in [0.1, 0.15) is 5.92 Å². The number of rotatable bonds is 5. The second-order valence-corrected chi connectivity index (χ2v) is 7.50. The lowest BCUT2D eigenvalue weighted by Gasteiger charge is -2.40. The second-order valence-electron chi connectivity index (χ2n) is 6.68. The van der Waals surface area contributed by atoms with Crippen LogP contribution in [0.25, 0.3) is 5.57 Å². The van der Waals surface area contributed by atoms with Crippen molar-refractivity contribution < 1.29 is 4.79 Å². The average Bonchev–Trinajstić information content (AvgIpc) is 2.55. The van der Waals surface area contributed by atoms with Crippen LogP contribution in [-0.4, -0.2) is 11.4 Å². The van der Waals surface area contributed by atoms with Crippen molar-refractivity contribution in [1.29, 1.82) is 5.26 Å². The predicted molar refractivity (Wildman–Crippen MR) is 103 cm³/mol. The first-order chi connectivity index (χ1) is 11.8. The van der Waals surface area contributed by atoms with Crippen LogP contribution in [0.15, 0.2) is 46.5 Å². The summed E-state index contributed by atoms with van der Waals surface area (Å²) in [5, 5.41) is 13.7. The summed E-state index contributed by atoms with van der Waals surface area (Å²) in [6.07, 6.45) is 2.70. The first-order valence-corrected chi connectivity index (χ1v) is 9.14. The molecular weight excluding hydrogens is 355 g/mol. The molecule has 0 aliphatic heterocycles. The molecule has 1 aliphatic rings. The summed E-state index contributed by atoms with van der Waals surface area (Å²) in [6.45, 7) is 5.86. The van der Waals surface area contributed by atoms with Gasteiger partial charge in [-0.3, -0.25) is 4.79 Å². The molecule has 0 fully saturated rings. The number of carbonyl (C=O) groups is 1. The van der Waals surface area contributed by atoms with Gasteiger partial charge in [-0.25, -0.2) is 0 Å². The molecule has 1 aliphatic carbocycles. The summed E-state index contributed by atoms with van der Waals surface area (Å²) in [5.41, 5.74) is 0.609. The van der Waals surface area contributed by atoms with Crippen molar-refractivity contribution in [1.82, 2.24) is 5.32 Å². The summed E-state index contributed by atoms with van der Waals surface area (Å²) in [4.78, 5) is 12.1. The molecule has 3 nitrogen and oxygen atoms in total. The number of benzene rings is 1. The standard InChI is InChI=1S/C20H22Cl2N2O/c1-4-17(25)24-20(10-13(2)3)11-16(21)18(19(22)15(20)12-23)14-8-6-5-7-9-14/h5-9,11,13,15H,4,10H2,1-3H3,(H,24,25). The number of carbonyl (C=O) groups excluding carboxylic acids is 1. The maximum Gasteiger partial charge on any atom is 0.220 e. The largest absolute Gasteiger partial charge is 0.345 e. The Kier molecular flexibility index (Phi) is 6.32.